The Balaban J connectivity index is 1.83. The molecule has 0 fully saturated rings. The molecule has 2 heterocycles. The summed E-state index contributed by atoms with van der Waals surface area (Å²) in [6.07, 6.45) is 2.81. The number of nitrogens with zero attached hydrogens (tertiary/aromatic N) is 4. The van der Waals surface area contributed by atoms with Crippen molar-refractivity contribution in [1.82, 2.24) is 19.9 Å². The molecule has 0 aliphatic carbocycles. The average Bonchev–Trinajstić information content (AvgIpc) is 2.76. The predicted octanol–water partition coefficient (Wildman–Crippen LogP) is 3.69. The fourth-order valence-corrected chi connectivity index (χ4v) is 4.09. The Morgan fingerprint density at radius 1 is 1.09 bits per heavy atom. The van der Waals surface area contributed by atoms with E-state index in [0.717, 1.165) is 0 Å². The van der Waals surface area contributed by atoms with E-state index in [1.54, 1.807) is 55.1 Å². The smallest absolute Gasteiger partial charge is 0.238 e. The molecule has 2 aromatic heterocycles. The summed E-state index contributed by atoms with van der Waals surface area (Å²) in [7, 11) is -0.00834. The summed E-state index contributed by atoms with van der Waals surface area (Å²) < 4.78 is 25.4. The van der Waals surface area contributed by atoms with Crippen molar-refractivity contribution in [3.63, 3.8) is 0 Å². The molecule has 1 aromatic carbocycles. The molecule has 3 aromatic rings. The highest BCUT2D eigenvalue weighted by atomic mass is 35.5. The molecule has 0 bridgehead atoms. The predicted molar refractivity (Wildman–Crippen MR) is 134 cm³/mol. The van der Waals surface area contributed by atoms with Gasteiger partial charge in [0, 0.05) is 17.6 Å². The van der Waals surface area contributed by atoms with Crippen molar-refractivity contribution in [3.8, 4) is 0 Å². The third kappa shape index (κ3) is 6.40. The number of benzene rings is 1. The van der Waals surface area contributed by atoms with Gasteiger partial charge in [0.15, 0.2) is 20.7 Å². The van der Waals surface area contributed by atoms with Crippen molar-refractivity contribution in [2.45, 2.75) is 24.1 Å². The second-order valence-corrected chi connectivity index (χ2v) is 10.8. The Morgan fingerprint density at radius 2 is 1.82 bits per heavy atom. The van der Waals surface area contributed by atoms with E-state index in [1.807, 2.05) is 14.1 Å². The Bertz CT molecular complexity index is 1280. The summed E-state index contributed by atoms with van der Waals surface area (Å²) in [4.78, 5) is 26.4. The van der Waals surface area contributed by atoms with Gasteiger partial charge in [-0.05, 0) is 58.3 Å². The number of anilines is 5. The molecule has 12 heteroatoms. The summed E-state index contributed by atoms with van der Waals surface area (Å²) in [6, 6.07) is 10.3. The molecule has 0 radical (unpaired) electrons. The number of hydrogen-bond acceptors (Lipinski definition) is 9. The van der Waals surface area contributed by atoms with E-state index in [1.165, 1.54) is 12.4 Å². The molecule has 3 N–H and O–H groups in total. The van der Waals surface area contributed by atoms with Gasteiger partial charge in [-0.2, -0.15) is 4.98 Å². The third-order valence-corrected chi connectivity index (χ3v) is 6.90. The quantitative estimate of drug-likeness (QED) is 0.400. The molecule has 0 saturated carbocycles. The van der Waals surface area contributed by atoms with Crippen molar-refractivity contribution >= 4 is 56.2 Å². The maximum atomic E-state index is 12.7. The van der Waals surface area contributed by atoms with Gasteiger partial charge >= 0.3 is 0 Å². The molecule has 0 aliphatic heterocycles. The first-order valence-electron chi connectivity index (χ1n) is 10.4. The Morgan fingerprint density at radius 3 is 2.53 bits per heavy atom. The van der Waals surface area contributed by atoms with Crippen LogP contribution in [0.2, 0.25) is 5.02 Å². The monoisotopic (exact) mass is 503 g/mol. The van der Waals surface area contributed by atoms with Gasteiger partial charge in [0.2, 0.25) is 11.9 Å². The minimum absolute atomic E-state index is 0.0876. The zero-order valence-electron chi connectivity index (χ0n) is 19.2. The lowest BCUT2D eigenvalue weighted by Gasteiger charge is -2.14. The number of sulfone groups is 1. The zero-order valence-corrected chi connectivity index (χ0v) is 20.8. The molecule has 0 spiro atoms. The van der Waals surface area contributed by atoms with Gasteiger partial charge in [-0.3, -0.25) is 4.79 Å². The fourth-order valence-electron chi connectivity index (χ4n) is 2.87. The van der Waals surface area contributed by atoms with Gasteiger partial charge in [0.25, 0.3) is 0 Å². The van der Waals surface area contributed by atoms with E-state index in [4.69, 9.17) is 11.6 Å². The third-order valence-electron chi connectivity index (χ3n) is 4.52. The van der Waals surface area contributed by atoms with Crippen LogP contribution in [0.5, 0.6) is 0 Å². The normalized spacial score (nSPS) is 11.5. The van der Waals surface area contributed by atoms with Crippen LogP contribution in [0.1, 0.15) is 13.8 Å². The molecular weight excluding hydrogens is 478 g/mol. The minimum atomic E-state index is -3.63. The summed E-state index contributed by atoms with van der Waals surface area (Å²) in [6.45, 7) is 3.44. The lowest BCUT2D eigenvalue weighted by molar-refractivity contribution is -0.116. The van der Waals surface area contributed by atoms with E-state index < -0.39 is 15.1 Å². The number of halogens is 1. The Hall–Kier alpha value is -3.28. The maximum absolute atomic E-state index is 12.7. The van der Waals surface area contributed by atoms with Crippen LogP contribution in [0.3, 0.4) is 0 Å². The van der Waals surface area contributed by atoms with Gasteiger partial charge in [0.1, 0.15) is 5.02 Å². The van der Waals surface area contributed by atoms with Crippen LogP contribution >= 0.6 is 11.6 Å². The Kier molecular flexibility index (Phi) is 8.02. The second kappa shape index (κ2) is 10.8. The molecule has 34 heavy (non-hydrogen) atoms. The van der Waals surface area contributed by atoms with Gasteiger partial charge in [-0.25, -0.2) is 18.4 Å². The van der Waals surface area contributed by atoms with Crippen LogP contribution in [0.15, 0.2) is 53.8 Å². The molecule has 1 amide bonds. The molecule has 10 nitrogen and oxygen atoms in total. The number of hydrogen-bond donors (Lipinski definition) is 3. The first kappa shape index (κ1) is 25.3. The van der Waals surface area contributed by atoms with Crippen molar-refractivity contribution < 1.29 is 13.2 Å². The van der Waals surface area contributed by atoms with Crippen LogP contribution in [-0.2, 0) is 14.6 Å². The van der Waals surface area contributed by atoms with E-state index >= 15 is 0 Å². The molecular formula is C22H26ClN7O3S. The van der Waals surface area contributed by atoms with Crippen molar-refractivity contribution in [2.75, 3.05) is 36.6 Å². The van der Waals surface area contributed by atoms with Gasteiger partial charge in [-0.1, -0.05) is 17.7 Å². The van der Waals surface area contributed by atoms with Crippen LogP contribution in [0.4, 0.5) is 28.8 Å². The molecule has 180 valence electrons. The van der Waals surface area contributed by atoms with Crippen LogP contribution < -0.4 is 16.0 Å². The number of carbonyl (C=O) groups excluding carboxylic acids is 1. The SMILES string of the molecule is CC(C)S(=O)(=O)c1ncccc1Nc1nc(Nc2cccc(NC(=O)CN(C)C)c2)ncc1Cl. The van der Waals surface area contributed by atoms with Gasteiger partial charge in [0.05, 0.1) is 23.7 Å². The number of likely N-dealkylation sites (N-methyl/N-ethyl adjacent to an activating group) is 1. The van der Waals surface area contributed by atoms with E-state index in [9.17, 15) is 13.2 Å². The largest absolute Gasteiger partial charge is 0.336 e. The summed E-state index contributed by atoms with van der Waals surface area (Å²) >= 11 is 6.27. The van der Waals surface area contributed by atoms with Crippen molar-refractivity contribution in [3.05, 3.63) is 53.8 Å². The van der Waals surface area contributed by atoms with E-state index in [2.05, 4.69) is 30.9 Å². The summed E-state index contributed by atoms with van der Waals surface area (Å²) in [5, 5.41) is 8.31. The number of rotatable bonds is 9. The average molecular weight is 504 g/mol. The number of aromatic nitrogens is 3. The highest BCUT2D eigenvalue weighted by Gasteiger charge is 2.24. The lowest BCUT2D eigenvalue weighted by Crippen LogP contribution is -2.27. The van der Waals surface area contributed by atoms with Crippen LogP contribution in [-0.4, -0.2) is 60.1 Å². The van der Waals surface area contributed by atoms with E-state index in [0.29, 0.717) is 11.4 Å². The first-order chi connectivity index (χ1) is 16.1. The van der Waals surface area contributed by atoms with Crippen LogP contribution in [0, 0.1) is 0 Å². The minimum Gasteiger partial charge on any atom is -0.336 e. The van der Waals surface area contributed by atoms with Crippen molar-refractivity contribution in [1.29, 1.82) is 0 Å². The lowest BCUT2D eigenvalue weighted by atomic mass is 10.2. The standard InChI is InChI=1S/C22H26ClN7O3S/c1-14(2)34(32,33)21-18(9-6-10-24-21)28-20-17(23)12-25-22(29-20)27-16-8-5-7-15(11-16)26-19(31)13-30(3)4/h5-12,14H,13H2,1-4H3,(H,26,31)(H2,25,27,28,29). The van der Waals surface area contributed by atoms with E-state index in [-0.39, 0.29) is 40.0 Å². The van der Waals surface area contributed by atoms with Gasteiger partial charge < -0.3 is 20.9 Å². The highest BCUT2D eigenvalue weighted by molar-refractivity contribution is 7.92. The molecule has 0 aliphatic rings. The Labute approximate surface area is 203 Å². The zero-order chi connectivity index (χ0) is 24.9. The fraction of sp³-hybridized carbons (Fsp3) is 0.273. The van der Waals surface area contributed by atoms with Gasteiger partial charge in [-0.15, -0.1) is 0 Å². The maximum Gasteiger partial charge on any atom is 0.238 e. The molecule has 0 saturated heterocycles. The molecule has 0 unspecified atom stereocenters. The first-order valence-corrected chi connectivity index (χ1v) is 12.3. The molecule has 3 rings (SSSR count). The second-order valence-electron chi connectivity index (χ2n) is 7.96. The topological polar surface area (TPSA) is 129 Å². The van der Waals surface area contributed by atoms with Crippen LogP contribution in [0.25, 0.3) is 0 Å². The number of amides is 1. The number of nitrogens with one attached hydrogen (secondary N) is 3. The molecule has 0 atom stereocenters. The summed E-state index contributed by atoms with van der Waals surface area (Å²) in [5.41, 5.74) is 1.51. The summed E-state index contributed by atoms with van der Waals surface area (Å²) in [5.74, 6) is 0.295. The number of pyridine rings is 1. The highest BCUT2D eigenvalue weighted by Crippen LogP contribution is 2.29. The van der Waals surface area contributed by atoms with Crippen molar-refractivity contribution in [2.24, 2.45) is 0 Å². The number of carbonyl (C=O) groups is 1.